The standard InChI is InChI=1S/C12H13BrN2S2/c1-8-4-5-10(16-8)11(7-14)17-12-9(13)3-2-6-15-12/h2-6,11H,7,14H2,1H3. The number of aryl methyl sites for hydroxylation is 1. The van der Waals surface area contributed by atoms with Crippen LogP contribution < -0.4 is 5.73 Å². The molecule has 0 aliphatic heterocycles. The molecule has 1 unspecified atom stereocenters. The van der Waals surface area contributed by atoms with Crippen molar-refractivity contribution in [2.24, 2.45) is 5.73 Å². The summed E-state index contributed by atoms with van der Waals surface area (Å²) < 4.78 is 1.02. The molecular formula is C12H13BrN2S2. The van der Waals surface area contributed by atoms with Gasteiger partial charge in [-0.3, -0.25) is 0 Å². The summed E-state index contributed by atoms with van der Waals surface area (Å²) in [4.78, 5) is 6.99. The van der Waals surface area contributed by atoms with Crippen LogP contribution in [0.1, 0.15) is 15.0 Å². The first kappa shape index (κ1) is 13.1. The Morgan fingerprint density at radius 3 is 2.88 bits per heavy atom. The fraction of sp³-hybridized carbons (Fsp3) is 0.250. The van der Waals surface area contributed by atoms with Crippen molar-refractivity contribution in [3.05, 3.63) is 44.7 Å². The molecule has 1 atom stereocenters. The molecule has 17 heavy (non-hydrogen) atoms. The highest BCUT2D eigenvalue weighted by molar-refractivity contribution is 9.10. The second-order valence-electron chi connectivity index (χ2n) is 3.58. The van der Waals surface area contributed by atoms with Crippen molar-refractivity contribution in [3.8, 4) is 0 Å². The third-order valence-corrected chi connectivity index (χ3v) is 5.72. The average Bonchev–Trinajstić information content (AvgIpc) is 2.75. The minimum Gasteiger partial charge on any atom is -0.329 e. The Balaban J connectivity index is 2.18. The highest BCUT2D eigenvalue weighted by atomic mass is 79.9. The van der Waals surface area contributed by atoms with Crippen LogP contribution in [0, 0.1) is 6.92 Å². The first-order chi connectivity index (χ1) is 8.20. The Bertz CT molecular complexity index is 499. The van der Waals surface area contributed by atoms with Gasteiger partial charge in [-0.25, -0.2) is 4.98 Å². The summed E-state index contributed by atoms with van der Waals surface area (Å²) in [6.07, 6.45) is 1.81. The van der Waals surface area contributed by atoms with Gasteiger partial charge >= 0.3 is 0 Å². The van der Waals surface area contributed by atoms with Crippen LogP contribution in [0.5, 0.6) is 0 Å². The van der Waals surface area contributed by atoms with Gasteiger partial charge in [0.2, 0.25) is 0 Å². The van der Waals surface area contributed by atoms with Gasteiger partial charge in [0.15, 0.2) is 0 Å². The summed E-state index contributed by atoms with van der Waals surface area (Å²) in [6, 6.07) is 8.21. The third-order valence-electron chi connectivity index (χ3n) is 2.27. The molecule has 5 heteroatoms. The highest BCUT2D eigenvalue weighted by Crippen LogP contribution is 2.39. The lowest BCUT2D eigenvalue weighted by Gasteiger charge is -2.12. The van der Waals surface area contributed by atoms with Crippen LogP contribution in [0.2, 0.25) is 0 Å². The normalized spacial score (nSPS) is 12.6. The number of halogens is 1. The zero-order valence-corrected chi connectivity index (χ0v) is 12.6. The number of hydrogen-bond acceptors (Lipinski definition) is 4. The van der Waals surface area contributed by atoms with Gasteiger partial charge in [0.05, 0.1) is 5.25 Å². The van der Waals surface area contributed by atoms with E-state index in [1.807, 2.05) is 12.1 Å². The van der Waals surface area contributed by atoms with Crippen molar-refractivity contribution in [2.45, 2.75) is 17.2 Å². The van der Waals surface area contributed by atoms with E-state index in [1.165, 1.54) is 9.75 Å². The smallest absolute Gasteiger partial charge is 0.111 e. The quantitative estimate of drug-likeness (QED) is 0.862. The number of nitrogens with zero attached hydrogens (tertiary/aromatic N) is 1. The molecule has 2 rings (SSSR count). The van der Waals surface area contributed by atoms with E-state index >= 15 is 0 Å². The fourth-order valence-electron chi connectivity index (χ4n) is 1.44. The number of hydrogen-bond donors (Lipinski definition) is 1. The number of rotatable bonds is 4. The molecule has 0 fully saturated rings. The van der Waals surface area contributed by atoms with E-state index in [2.05, 4.69) is 40.0 Å². The largest absolute Gasteiger partial charge is 0.329 e. The van der Waals surface area contributed by atoms with Gasteiger partial charge in [-0.1, -0.05) is 11.8 Å². The third kappa shape index (κ3) is 3.31. The number of nitrogens with two attached hydrogens (primary N) is 1. The van der Waals surface area contributed by atoms with E-state index in [-0.39, 0.29) is 5.25 Å². The molecule has 2 nitrogen and oxygen atoms in total. The minimum absolute atomic E-state index is 0.278. The Hall–Kier alpha value is -0.360. The van der Waals surface area contributed by atoms with E-state index in [4.69, 9.17) is 5.73 Å². The Kier molecular flexibility index (Phi) is 4.62. The van der Waals surface area contributed by atoms with Crippen molar-refractivity contribution in [3.63, 3.8) is 0 Å². The van der Waals surface area contributed by atoms with E-state index in [0.717, 1.165) is 9.50 Å². The molecule has 0 saturated carbocycles. The van der Waals surface area contributed by atoms with Crippen LogP contribution >= 0.6 is 39.0 Å². The zero-order valence-electron chi connectivity index (χ0n) is 9.39. The zero-order chi connectivity index (χ0) is 12.3. The Morgan fingerprint density at radius 1 is 1.47 bits per heavy atom. The molecule has 2 aromatic heterocycles. The number of thioether (sulfide) groups is 1. The molecule has 2 heterocycles. The molecule has 0 saturated heterocycles. The Labute approximate surface area is 118 Å². The van der Waals surface area contributed by atoms with Gasteiger partial charge < -0.3 is 5.73 Å². The number of thiophene rings is 1. The van der Waals surface area contributed by atoms with Gasteiger partial charge in [-0.05, 0) is 47.1 Å². The van der Waals surface area contributed by atoms with Crippen LogP contribution in [0.4, 0.5) is 0 Å². The van der Waals surface area contributed by atoms with Gasteiger partial charge in [0.25, 0.3) is 0 Å². The first-order valence-corrected chi connectivity index (χ1v) is 7.73. The second-order valence-corrected chi connectivity index (χ2v) is 6.95. The molecule has 90 valence electrons. The van der Waals surface area contributed by atoms with Crippen molar-refractivity contribution in [1.29, 1.82) is 0 Å². The molecular weight excluding hydrogens is 316 g/mol. The van der Waals surface area contributed by atoms with Gasteiger partial charge in [-0.15, -0.1) is 11.3 Å². The lowest BCUT2D eigenvalue weighted by molar-refractivity contribution is 0.951. The first-order valence-electron chi connectivity index (χ1n) is 5.24. The lowest BCUT2D eigenvalue weighted by Crippen LogP contribution is -2.08. The maximum Gasteiger partial charge on any atom is 0.111 e. The molecule has 2 N–H and O–H groups in total. The maximum absolute atomic E-state index is 5.85. The monoisotopic (exact) mass is 328 g/mol. The average molecular weight is 329 g/mol. The highest BCUT2D eigenvalue weighted by Gasteiger charge is 2.15. The van der Waals surface area contributed by atoms with E-state index in [1.54, 1.807) is 29.3 Å². The molecule has 0 aliphatic carbocycles. The van der Waals surface area contributed by atoms with E-state index in [0.29, 0.717) is 6.54 Å². The summed E-state index contributed by atoms with van der Waals surface area (Å²) in [5.41, 5.74) is 5.85. The van der Waals surface area contributed by atoms with E-state index < -0.39 is 0 Å². The molecule has 2 aromatic rings. The minimum atomic E-state index is 0.278. The van der Waals surface area contributed by atoms with Crippen LogP contribution in [0.15, 0.2) is 40.0 Å². The molecule has 0 aliphatic rings. The molecule has 0 amide bonds. The number of aromatic nitrogens is 1. The SMILES string of the molecule is Cc1ccc(C(CN)Sc2ncccc2Br)s1. The van der Waals surface area contributed by atoms with Crippen LogP contribution in [-0.2, 0) is 0 Å². The van der Waals surface area contributed by atoms with Crippen LogP contribution in [0.25, 0.3) is 0 Å². The molecule has 0 spiro atoms. The Morgan fingerprint density at radius 2 is 2.29 bits per heavy atom. The number of pyridine rings is 1. The predicted molar refractivity (Wildman–Crippen MR) is 78.6 cm³/mol. The van der Waals surface area contributed by atoms with Crippen molar-refractivity contribution >= 4 is 39.0 Å². The fourth-order valence-corrected chi connectivity index (χ4v) is 4.00. The van der Waals surface area contributed by atoms with Gasteiger partial charge in [0, 0.05) is 27.0 Å². The molecule has 0 radical (unpaired) electrons. The second kappa shape index (κ2) is 6.00. The molecule has 0 bridgehead atoms. The summed E-state index contributed by atoms with van der Waals surface area (Å²) in [5, 5.41) is 1.27. The van der Waals surface area contributed by atoms with Crippen molar-refractivity contribution in [1.82, 2.24) is 4.98 Å². The van der Waals surface area contributed by atoms with Crippen LogP contribution in [0.3, 0.4) is 0 Å². The van der Waals surface area contributed by atoms with Crippen molar-refractivity contribution in [2.75, 3.05) is 6.54 Å². The van der Waals surface area contributed by atoms with Gasteiger partial charge in [0.1, 0.15) is 5.03 Å². The summed E-state index contributed by atoms with van der Waals surface area (Å²) in [5.74, 6) is 0. The topological polar surface area (TPSA) is 38.9 Å². The summed E-state index contributed by atoms with van der Waals surface area (Å²) in [7, 11) is 0. The van der Waals surface area contributed by atoms with Crippen molar-refractivity contribution < 1.29 is 0 Å². The lowest BCUT2D eigenvalue weighted by atomic mass is 10.3. The van der Waals surface area contributed by atoms with E-state index in [9.17, 15) is 0 Å². The summed E-state index contributed by atoms with van der Waals surface area (Å²) >= 11 is 7.02. The van der Waals surface area contributed by atoms with Crippen LogP contribution in [-0.4, -0.2) is 11.5 Å². The predicted octanol–water partition coefficient (Wildman–Crippen LogP) is 4.01. The maximum atomic E-state index is 5.85. The molecule has 0 aromatic carbocycles. The van der Waals surface area contributed by atoms with Gasteiger partial charge in [-0.2, -0.15) is 0 Å². The summed E-state index contributed by atoms with van der Waals surface area (Å²) in [6.45, 7) is 2.73.